The monoisotopic (exact) mass is 126 g/mol. The quantitative estimate of drug-likeness (QED) is 0.512. The molecule has 48 valence electrons. The Kier molecular flexibility index (Phi) is 1.30. The van der Waals surface area contributed by atoms with Crippen LogP contribution in [0.3, 0.4) is 0 Å². The largest absolute Gasteiger partial charge is 0.293 e. The highest BCUT2D eigenvalue weighted by atomic mass is 16.2. The van der Waals surface area contributed by atoms with Crippen molar-refractivity contribution in [1.82, 2.24) is 5.43 Å². The maximum absolute atomic E-state index is 10.5. The van der Waals surface area contributed by atoms with Crippen molar-refractivity contribution in [3.8, 4) is 0 Å². The zero-order chi connectivity index (χ0) is 6.85. The maximum atomic E-state index is 10.5. The van der Waals surface area contributed by atoms with Gasteiger partial charge >= 0.3 is 0 Å². The van der Waals surface area contributed by atoms with Crippen LogP contribution in [0.5, 0.6) is 0 Å². The van der Waals surface area contributed by atoms with Gasteiger partial charge in [0.05, 0.1) is 6.42 Å². The first kappa shape index (κ1) is 5.94. The molecule has 0 aromatic heterocycles. The standard InChI is InChI=1S/C5H6N2O2/c1-3(8)4-2-5(9)7-6-4/h2H2,1H3,(H,7,9). The van der Waals surface area contributed by atoms with Gasteiger partial charge in [0.1, 0.15) is 5.71 Å². The van der Waals surface area contributed by atoms with Crippen LogP contribution in [0.15, 0.2) is 5.10 Å². The van der Waals surface area contributed by atoms with Gasteiger partial charge in [-0.05, 0) is 0 Å². The first-order valence-corrected chi connectivity index (χ1v) is 2.56. The number of hydrogen-bond donors (Lipinski definition) is 1. The molecule has 0 atom stereocenters. The van der Waals surface area contributed by atoms with Crippen molar-refractivity contribution in [2.75, 3.05) is 0 Å². The lowest BCUT2D eigenvalue weighted by molar-refractivity contribution is -0.119. The van der Waals surface area contributed by atoms with Gasteiger partial charge in [0.25, 0.3) is 0 Å². The summed E-state index contributed by atoms with van der Waals surface area (Å²) in [7, 11) is 0. The molecule has 0 aliphatic carbocycles. The van der Waals surface area contributed by atoms with Gasteiger partial charge in [-0.15, -0.1) is 0 Å². The number of carbonyl (C=O) groups excluding carboxylic acids is 2. The molecule has 1 amide bonds. The van der Waals surface area contributed by atoms with Crippen LogP contribution in [0, 0.1) is 0 Å². The van der Waals surface area contributed by atoms with Crippen LogP contribution in [0.2, 0.25) is 0 Å². The minimum Gasteiger partial charge on any atom is -0.293 e. The molecule has 1 rings (SSSR count). The van der Waals surface area contributed by atoms with Crippen LogP contribution in [-0.2, 0) is 9.59 Å². The molecule has 0 bridgehead atoms. The molecule has 4 nitrogen and oxygen atoms in total. The zero-order valence-electron chi connectivity index (χ0n) is 4.97. The van der Waals surface area contributed by atoms with E-state index in [0.29, 0.717) is 5.71 Å². The van der Waals surface area contributed by atoms with E-state index in [2.05, 4.69) is 10.5 Å². The maximum Gasteiger partial charge on any atom is 0.246 e. The van der Waals surface area contributed by atoms with E-state index in [4.69, 9.17) is 0 Å². The number of carbonyl (C=O) groups is 2. The molecule has 0 fully saturated rings. The minimum absolute atomic E-state index is 0.134. The Morgan fingerprint density at radius 3 is 2.67 bits per heavy atom. The SMILES string of the molecule is CC(=O)C1=NNC(=O)C1. The molecule has 1 aliphatic rings. The molecule has 0 aromatic rings. The lowest BCUT2D eigenvalue weighted by Gasteiger charge is -1.83. The third-order valence-corrected chi connectivity index (χ3v) is 1.05. The van der Waals surface area contributed by atoms with Crippen molar-refractivity contribution in [2.45, 2.75) is 13.3 Å². The molecule has 1 aliphatic heterocycles. The second-order valence-electron chi connectivity index (χ2n) is 1.83. The van der Waals surface area contributed by atoms with Gasteiger partial charge in [0.15, 0.2) is 5.78 Å². The van der Waals surface area contributed by atoms with Crippen LogP contribution in [0.4, 0.5) is 0 Å². The van der Waals surface area contributed by atoms with Crippen LogP contribution in [0.25, 0.3) is 0 Å². The van der Waals surface area contributed by atoms with E-state index in [-0.39, 0.29) is 18.1 Å². The van der Waals surface area contributed by atoms with E-state index in [1.54, 1.807) is 0 Å². The van der Waals surface area contributed by atoms with E-state index in [0.717, 1.165) is 0 Å². The number of amides is 1. The van der Waals surface area contributed by atoms with Crippen LogP contribution in [0.1, 0.15) is 13.3 Å². The third-order valence-electron chi connectivity index (χ3n) is 1.05. The Hall–Kier alpha value is -1.19. The summed E-state index contributed by atoms with van der Waals surface area (Å²) in [5.41, 5.74) is 2.50. The minimum atomic E-state index is -0.208. The number of nitrogens with zero attached hydrogens (tertiary/aromatic N) is 1. The molecular weight excluding hydrogens is 120 g/mol. The van der Waals surface area contributed by atoms with E-state index in [1.165, 1.54) is 6.92 Å². The molecule has 0 spiro atoms. The fraction of sp³-hybridized carbons (Fsp3) is 0.400. The van der Waals surface area contributed by atoms with Crippen LogP contribution < -0.4 is 5.43 Å². The molecule has 0 saturated carbocycles. The Balaban J connectivity index is 2.65. The van der Waals surface area contributed by atoms with Crippen molar-refractivity contribution >= 4 is 17.4 Å². The lowest BCUT2D eigenvalue weighted by Crippen LogP contribution is -2.10. The molecule has 0 radical (unpaired) electrons. The number of rotatable bonds is 1. The van der Waals surface area contributed by atoms with Crippen molar-refractivity contribution in [3.63, 3.8) is 0 Å². The molecule has 0 saturated heterocycles. The first-order chi connectivity index (χ1) is 4.20. The normalized spacial score (nSPS) is 17.0. The number of hydrogen-bond acceptors (Lipinski definition) is 3. The average molecular weight is 126 g/mol. The van der Waals surface area contributed by atoms with E-state index in [9.17, 15) is 9.59 Å². The summed E-state index contributed by atoms with van der Waals surface area (Å²) in [6.07, 6.45) is 0.134. The van der Waals surface area contributed by atoms with E-state index >= 15 is 0 Å². The lowest BCUT2D eigenvalue weighted by atomic mass is 10.2. The fourth-order valence-electron chi connectivity index (χ4n) is 0.564. The Labute approximate surface area is 51.9 Å². The number of ketones is 1. The van der Waals surface area contributed by atoms with Gasteiger partial charge in [-0.1, -0.05) is 0 Å². The summed E-state index contributed by atoms with van der Waals surface area (Å²) >= 11 is 0. The van der Waals surface area contributed by atoms with Gasteiger partial charge in [-0.3, -0.25) is 9.59 Å². The summed E-state index contributed by atoms with van der Waals surface area (Å²) < 4.78 is 0. The van der Waals surface area contributed by atoms with Crippen molar-refractivity contribution < 1.29 is 9.59 Å². The summed E-state index contributed by atoms with van der Waals surface area (Å²) in [5.74, 6) is -0.353. The number of Topliss-reactive ketones (excluding diaryl/α,β-unsaturated/α-hetero) is 1. The second-order valence-corrected chi connectivity index (χ2v) is 1.83. The Morgan fingerprint density at radius 1 is 1.78 bits per heavy atom. The highest BCUT2D eigenvalue weighted by molar-refractivity contribution is 6.43. The van der Waals surface area contributed by atoms with Gasteiger partial charge < -0.3 is 0 Å². The molecule has 1 N–H and O–H groups in total. The van der Waals surface area contributed by atoms with Crippen molar-refractivity contribution in [1.29, 1.82) is 0 Å². The number of hydrazone groups is 1. The van der Waals surface area contributed by atoms with Crippen molar-refractivity contribution in [3.05, 3.63) is 0 Å². The first-order valence-electron chi connectivity index (χ1n) is 2.56. The highest BCUT2D eigenvalue weighted by Gasteiger charge is 2.17. The molecule has 9 heavy (non-hydrogen) atoms. The van der Waals surface area contributed by atoms with Gasteiger partial charge in [0.2, 0.25) is 5.91 Å². The van der Waals surface area contributed by atoms with Gasteiger partial charge in [-0.2, -0.15) is 5.10 Å². The van der Waals surface area contributed by atoms with Gasteiger partial charge in [-0.25, -0.2) is 5.43 Å². The molecular formula is C5H6N2O2. The van der Waals surface area contributed by atoms with E-state index in [1.807, 2.05) is 0 Å². The van der Waals surface area contributed by atoms with Crippen LogP contribution >= 0.6 is 0 Å². The molecule has 4 heteroatoms. The summed E-state index contributed by atoms with van der Waals surface area (Å²) in [6, 6.07) is 0. The van der Waals surface area contributed by atoms with Crippen molar-refractivity contribution in [2.24, 2.45) is 5.10 Å². The highest BCUT2D eigenvalue weighted by Crippen LogP contribution is 1.94. The predicted molar refractivity (Wildman–Crippen MR) is 30.9 cm³/mol. The molecule has 0 unspecified atom stereocenters. The topological polar surface area (TPSA) is 58.5 Å². The average Bonchev–Trinajstić information content (AvgIpc) is 2.14. The second kappa shape index (κ2) is 1.97. The third kappa shape index (κ3) is 1.13. The van der Waals surface area contributed by atoms with Crippen LogP contribution in [-0.4, -0.2) is 17.4 Å². The van der Waals surface area contributed by atoms with E-state index < -0.39 is 0 Å². The number of nitrogens with one attached hydrogen (secondary N) is 1. The fourth-order valence-corrected chi connectivity index (χ4v) is 0.564. The summed E-state index contributed by atoms with van der Waals surface area (Å²) in [4.78, 5) is 20.8. The zero-order valence-corrected chi connectivity index (χ0v) is 4.97. The van der Waals surface area contributed by atoms with Gasteiger partial charge in [0, 0.05) is 6.92 Å². The Morgan fingerprint density at radius 2 is 2.44 bits per heavy atom. The smallest absolute Gasteiger partial charge is 0.246 e. The summed E-state index contributed by atoms with van der Waals surface area (Å²) in [6.45, 7) is 1.39. The Bertz CT molecular complexity index is 195. The molecule has 0 aromatic carbocycles. The predicted octanol–water partition coefficient (Wildman–Crippen LogP) is -0.549. The summed E-state index contributed by atoms with van der Waals surface area (Å²) in [5, 5.41) is 3.48. The molecule has 1 heterocycles.